The molecule has 0 amide bonds. The Morgan fingerprint density at radius 1 is 1.06 bits per heavy atom. The third-order valence-corrected chi connectivity index (χ3v) is 2.94. The van der Waals surface area contributed by atoms with Gasteiger partial charge in [-0.1, -0.05) is 35.9 Å². The highest BCUT2D eigenvalue weighted by Gasteiger charge is 2.11. The molecule has 0 spiro atoms. The first-order valence-electron chi connectivity index (χ1n) is 5.27. The van der Waals surface area contributed by atoms with Crippen molar-refractivity contribution in [3.63, 3.8) is 0 Å². The van der Waals surface area contributed by atoms with Gasteiger partial charge in [-0.05, 0) is 41.8 Å². The van der Waals surface area contributed by atoms with E-state index < -0.39 is 6.10 Å². The van der Waals surface area contributed by atoms with Crippen molar-refractivity contribution in [3.8, 4) is 0 Å². The summed E-state index contributed by atoms with van der Waals surface area (Å²) in [5, 5.41) is 10.8. The summed E-state index contributed by atoms with van der Waals surface area (Å²) in [6.07, 6.45) is -0.758. The van der Waals surface area contributed by atoms with Gasteiger partial charge in [0.05, 0.1) is 0 Å². The minimum absolute atomic E-state index is 0.267. The highest BCUT2D eigenvalue weighted by atomic mass is 35.5. The van der Waals surface area contributed by atoms with Gasteiger partial charge in [-0.25, -0.2) is 4.39 Å². The molecule has 0 fully saturated rings. The van der Waals surface area contributed by atoms with Gasteiger partial charge in [0.25, 0.3) is 0 Å². The van der Waals surface area contributed by atoms with E-state index in [1.54, 1.807) is 43.3 Å². The van der Waals surface area contributed by atoms with Crippen molar-refractivity contribution in [2.45, 2.75) is 13.0 Å². The minimum Gasteiger partial charge on any atom is -0.384 e. The molecule has 2 aromatic rings. The molecular weight excluding hydrogens is 239 g/mol. The highest BCUT2D eigenvalue weighted by Crippen LogP contribution is 2.24. The standard InChI is InChI=1S/C14H12ClFO/c1-9-8-11(4-7-13(9)16)14(17)10-2-5-12(15)6-3-10/h2-8,14,17H,1H3. The number of aryl methyl sites for hydroxylation is 1. The van der Waals surface area contributed by atoms with Crippen molar-refractivity contribution in [2.24, 2.45) is 0 Å². The van der Waals surface area contributed by atoms with E-state index in [2.05, 4.69) is 0 Å². The van der Waals surface area contributed by atoms with Crippen LogP contribution in [0, 0.1) is 12.7 Å². The Labute approximate surface area is 104 Å². The third kappa shape index (κ3) is 2.65. The lowest BCUT2D eigenvalue weighted by Crippen LogP contribution is -2.00. The van der Waals surface area contributed by atoms with Crippen LogP contribution in [0.25, 0.3) is 0 Å². The second-order valence-electron chi connectivity index (χ2n) is 3.96. The van der Waals surface area contributed by atoms with Crippen LogP contribution in [0.3, 0.4) is 0 Å². The predicted molar refractivity (Wildman–Crippen MR) is 66.7 cm³/mol. The Balaban J connectivity index is 2.33. The van der Waals surface area contributed by atoms with E-state index >= 15 is 0 Å². The summed E-state index contributed by atoms with van der Waals surface area (Å²) in [7, 11) is 0. The second kappa shape index (κ2) is 4.86. The monoisotopic (exact) mass is 250 g/mol. The van der Waals surface area contributed by atoms with Crippen molar-refractivity contribution in [1.29, 1.82) is 0 Å². The van der Waals surface area contributed by atoms with Gasteiger partial charge >= 0.3 is 0 Å². The predicted octanol–water partition coefficient (Wildman–Crippen LogP) is 3.87. The van der Waals surface area contributed by atoms with Gasteiger partial charge in [0.2, 0.25) is 0 Å². The summed E-state index contributed by atoms with van der Waals surface area (Å²) in [5.74, 6) is -0.267. The molecule has 0 radical (unpaired) electrons. The van der Waals surface area contributed by atoms with Crippen molar-refractivity contribution >= 4 is 11.6 Å². The van der Waals surface area contributed by atoms with E-state index in [-0.39, 0.29) is 5.82 Å². The lowest BCUT2D eigenvalue weighted by molar-refractivity contribution is 0.220. The minimum atomic E-state index is -0.758. The summed E-state index contributed by atoms with van der Waals surface area (Å²) in [6, 6.07) is 11.5. The smallest absolute Gasteiger partial charge is 0.126 e. The molecule has 0 heterocycles. The molecule has 3 heteroatoms. The van der Waals surface area contributed by atoms with Gasteiger partial charge in [-0.3, -0.25) is 0 Å². The summed E-state index contributed by atoms with van der Waals surface area (Å²) >= 11 is 5.78. The Morgan fingerprint density at radius 3 is 2.24 bits per heavy atom. The molecule has 1 unspecified atom stereocenters. The molecule has 2 rings (SSSR count). The molecule has 1 atom stereocenters. The molecule has 0 saturated carbocycles. The number of halogens is 2. The Hall–Kier alpha value is -1.38. The molecule has 0 aliphatic heterocycles. The Bertz CT molecular complexity index is 522. The first kappa shape index (κ1) is 12.1. The third-order valence-electron chi connectivity index (χ3n) is 2.68. The fraction of sp³-hybridized carbons (Fsp3) is 0.143. The van der Waals surface area contributed by atoms with E-state index in [0.29, 0.717) is 16.1 Å². The first-order valence-corrected chi connectivity index (χ1v) is 5.65. The molecule has 0 aliphatic carbocycles. The fourth-order valence-electron chi connectivity index (χ4n) is 1.68. The molecule has 1 N–H and O–H groups in total. The summed E-state index contributed by atoms with van der Waals surface area (Å²) in [4.78, 5) is 0. The van der Waals surface area contributed by atoms with E-state index in [0.717, 1.165) is 5.56 Å². The normalized spacial score (nSPS) is 12.5. The molecule has 0 aromatic heterocycles. The first-order chi connectivity index (χ1) is 8.08. The quantitative estimate of drug-likeness (QED) is 0.858. The van der Waals surface area contributed by atoms with E-state index in [1.165, 1.54) is 6.07 Å². The van der Waals surface area contributed by atoms with Gasteiger partial charge < -0.3 is 5.11 Å². The maximum absolute atomic E-state index is 13.1. The van der Waals surface area contributed by atoms with Crippen molar-refractivity contribution < 1.29 is 9.50 Å². The maximum Gasteiger partial charge on any atom is 0.126 e. The van der Waals surface area contributed by atoms with Gasteiger partial charge in [-0.2, -0.15) is 0 Å². The average Bonchev–Trinajstić information content (AvgIpc) is 2.33. The molecule has 0 aliphatic rings. The largest absolute Gasteiger partial charge is 0.384 e. The van der Waals surface area contributed by atoms with Crippen LogP contribution in [-0.4, -0.2) is 5.11 Å². The van der Waals surface area contributed by atoms with Crippen molar-refractivity contribution in [3.05, 3.63) is 70.0 Å². The van der Waals surface area contributed by atoms with Gasteiger partial charge in [0.15, 0.2) is 0 Å². The number of rotatable bonds is 2. The maximum atomic E-state index is 13.1. The molecular formula is C14H12ClFO. The van der Waals surface area contributed by atoms with Crippen LogP contribution in [0.4, 0.5) is 4.39 Å². The Kier molecular flexibility index (Phi) is 3.46. The fourth-order valence-corrected chi connectivity index (χ4v) is 1.80. The van der Waals surface area contributed by atoms with Crippen LogP contribution in [0.5, 0.6) is 0 Å². The second-order valence-corrected chi connectivity index (χ2v) is 4.40. The lowest BCUT2D eigenvalue weighted by Gasteiger charge is -2.12. The van der Waals surface area contributed by atoms with Crippen LogP contribution in [0.15, 0.2) is 42.5 Å². The molecule has 1 nitrogen and oxygen atoms in total. The summed E-state index contributed by atoms with van der Waals surface area (Å²) in [5.41, 5.74) is 1.93. The van der Waals surface area contributed by atoms with E-state index in [1.807, 2.05) is 0 Å². The van der Waals surface area contributed by atoms with Gasteiger partial charge in [0, 0.05) is 5.02 Å². The topological polar surface area (TPSA) is 20.2 Å². The zero-order chi connectivity index (χ0) is 12.4. The zero-order valence-electron chi connectivity index (χ0n) is 9.32. The number of aliphatic hydroxyl groups excluding tert-OH is 1. The average molecular weight is 251 g/mol. The molecule has 88 valence electrons. The number of hydrogen-bond donors (Lipinski definition) is 1. The molecule has 0 bridgehead atoms. The molecule has 2 aromatic carbocycles. The van der Waals surface area contributed by atoms with Crippen LogP contribution in [0.1, 0.15) is 22.8 Å². The lowest BCUT2D eigenvalue weighted by atomic mass is 10.00. The number of aliphatic hydroxyl groups is 1. The van der Waals surface area contributed by atoms with Gasteiger partial charge in [-0.15, -0.1) is 0 Å². The van der Waals surface area contributed by atoms with Gasteiger partial charge in [0.1, 0.15) is 11.9 Å². The SMILES string of the molecule is Cc1cc(C(O)c2ccc(Cl)cc2)ccc1F. The van der Waals surface area contributed by atoms with Crippen molar-refractivity contribution in [1.82, 2.24) is 0 Å². The highest BCUT2D eigenvalue weighted by molar-refractivity contribution is 6.30. The van der Waals surface area contributed by atoms with E-state index in [9.17, 15) is 9.50 Å². The van der Waals surface area contributed by atoms with E-state index in [4.69, 9.17) is 11.6 Å². The van der Waals surface area contributed by atoms with Crippen LogP contribution in [-0.2, 0) is 0 Å². The molecule has 17 heavy (non-hydrogen) atoms. The summed E-state index contributed by atoms with van der Waals surface area (Å²) < 4.78 is 13.1. The van der Waals surface area contributed by atoms with Crippen LogP contribution in [0.2, 0.25) is 5.02 Å². The summed E-state index contributed by atoms with van der Waals surface area (Å²) in [6.45, 7) is 1.67. The Morgan fingerprint density at radius 2 is 1.65 bits per heavy atom. The number of benzene rings is 2. The zero-order valence-corrected chi connectivity index (χ0v) is 10.1. The molecule has 0 saturated heterocycles. The number of hydrogen-bond acceptors (Lipinski definition) is 1. The van der Waals surface area contributed by atoms with Crippen LogP contribution < -0.4 is 0 Å². The van der Waals surface area contributed by atoms with Crippen molar-refractivity contribution in [2.75, 3.05) is 0 Å². The van der Waals surface area contributed by atoms with Crippen LogP contribution >= 0.6 is 11.6 Å².